The van der Waals surface area contributed by atoms with Gasteiger partial charge in [-0.15, -0.1) is 11.3 Å². The van der Waals surface area contributed by atoms with Crippen molar-refractivity contribution in [2.45, 2.75) is 33.4 Å². The second kappa shape index (κ2) is 6.34. The van der Waals surface area contributed by atoms with Crippen molar-refractivity contribution < 1.29 is 14.7 Å². The van der Waals surface area contributed by atoms with Crippen molar-refractivity contribution in [1.29, 1.82) is 0 Å². The molecule has 0 aliphatic rings. The van der Waals surface area contributed by atoms with Gasteiger partial charge in [0.2, 0.25) is 0 Å². The summed E-state index contributed by atoms with van der Waals surface area (Å²) in [7, 11) is 0. The van der Waals surface area contributed by atoms with Crippen LogP contribution in [0.4, 0.5) is 4.79 Å². The fraction of sp³-hybridized carbons (Fsp3) is 0.545. The highest BCUT2D eigenvalue weighted by Gasteiger charge is 2.20. The number of amides is 2. The average molecular weight is 271 g/mol. The third-order valence-electron chi connectivity index (χ3n) is 2.75. The van der Waals surface area contributed by atoms with Crippen LogP contribution in [0.3, 0.4) is 0 Å². The van der Waals surface area contributed by atoms with Crippen LogP contribution in [0.1, 0.15) is 24.4 Å². The first kappa shape index (κ1) is 14.4. The van der Waals surface area contributed by atoms with Crippen LogP contribution in [0.25, 0.3) is 0 Å². The Morgan fingerprint density at radius 3 is 2.67 bits per heavy atom. The van der Waals surface area contributed by atoms with Gasteiger partial charge in [-0.25, -0.2) is 9.78 Å². The number of carboxylic acids is 1. The number of hydrogen-bond donors (Lipinski definition) is 3. The highest BCUT2D eigenvalue weighted by atomic mass is 32.1. The van der Waals surface area contributed by atoms with E-state index in [4.69, 9.17) is 5.11 Å². The quantitative estimate of drug-likeness (QED) is 0.754. The fourth-order valence-corrected chi connectivity index (χ4v) is 1.97. The van der Waals surface area contributed by atoms with Gasteiger partial charge in [-0.2, -0.15) is 0 Å². The van der Waals surface area contributed by atoms with Crippen molar-refractivity contribution in [1.82, 2.24) is 15.6 Å². The third-order valence-corrected chi connectivity index (χ3v) is 3.69. The Morgan fingerprint density at radius 1 is 1.50 bits per heavy atom. The van der Waals surface area contributed by atoms with Crippen molar-refractivity contribution in [2.24, 2.45) is 5.92 Å². The van der Waals surface area contributed by atoms with Gasteiger partial charge in [-0.1, -0.05) is 0 Å². The lowest BCUT2D eigenvalue weighted by Gasteiger charge is -2.17. The largest absolute Gasteiger partial charge is 0.481 e. The first-order valence-electron chi connectivity index (χ1n) is 5.58. The topological polar surface area (TPSA) is 91.3 Å². The van der Waals surface area contributed by atoms with Gasteiger partial charge >= 0.3 is 12.0 Å². The summed E-state index contributed by atoms with van der Waals surface area (Å²) < 4.78 is 0. The maximum atomic E-state index is 11.6. The van der Waals surface area contributed by atoms with Crippen molar-refractivity contribution in [2.75, 3.05) is 0 Å². The molecule has 0 aliphatic carbocycles. The normalized spacial score (nSPS) is 13.7. The molecule has 1 aromatic heterocycles. The number of aromatic nitrogens is 1. The monoisotopic (exact) mass is 271 g/mol. The maximum absolute atomic E-state index is 11.6. The van der Waals surface area contributed by atoms with E-state index in [-0.39, 0.29) is 6.03 Å². The molecule has 0 bridgehead atoms. The van der Waals surface area contributed by atoms with Crippen molar-refractivity contribution in [3.8, 4) is 0 Å². The Hall–Kier alpha value is -1.63. The van der Waals surface area contributed by atoms with Gasteiger partial charge in [0.05, 0.1) is 23.7 Å². The molecule has 3 N–H and O–H groups in total. The molecular formula is C11H17N3O3S. The first-order chi connectivity index (χ1) is 8.41. The van der Waals surface area contributed by atoms with E-state index < -0.39 is 17.9 Å². The summed E-state index contributed by atoms with van der Waals surface area (Å²) in [6.45, 7) is 5.49. The van der Waals surface area contributed by atoms with E-state index >= 15 is 0 Å². The molecule has 18 heavy (non-hydrogen) atoms. The molecule has 0 saturated heterocycles. The molecule has 2 atom stereocenters. The zero-order chi connectivity index (χ0) is 13.7. The van der Waals surface area contributed by atoms with E-state index in [1.54, 1.807) is 19.4 Å². The summed E-state index contributed by atoms with van der Waals surface area (Å²) in [6.07, 6.45) is 0. The molecule has 0 aliphatic heterocycles. The van der Waals surface area contributed by atoms with Crippen LogP contribution < -0.4 is 10.6 Å². The third kappa shape index (κ3) is 3.99. The molecule has 0 aromatic carbocycles. The SMILES string of the molecule is Cc1ncsc1CNC(=O)NC(C)C(C)C(=O)O. The minimum atomic E-state index is -0.930. The molecule has 2 unspecified atom stereocenters. The molecule has 7 heteroatoms. The Morgan fingerprint density at radius 2 is 2.17 bits per heavy atom. The van der Waals surface area contributed by atoms with Crippen molar-refractivity contribution >= 4 is 23.3 Å². The van der Waals surface area contributed by atoms with Gasteiger partial charge in [-0.3, -0.25) is 4.79 Å². The zero-order valence-electron chi connectivity index (χ0n) is 10.6. The number of rotatable bonds is 5. The predicted octanol–water partition coefficient (Wildman–Crippen LogP) is 1.36. The Labute approximate surface area is 109 Å². The molecular weight excluding hydrogens is 254 g/mol. The Kier molecular flexibility index (Phi) is 5.08. The first-order valence-corrected chi connectivity index (χ1v) is 6.46. The molecule has 1 heterocycles. The summed E-state index contributed by atoms with van der Waals surface area (Å²) >= 11 is 1.47. The summed E-state index contributed by atoms with van der Waals surface area (Å²) in [6, 6.07) is -0.798. The minimum Gasteiger partial charge on any atom is -0.481 e. The molecule has 2 amide bonds. The molecule has 0 fully saturated rings. The molecule has 1 rings (SSSR count). The second-order valence-corrected chi connectivity index (χ2v) is 5.04. The number of carbonyl (C=O) groups excluding carboxylic acids is 1. The fourth-order valence-electron chi connectivity index (χ4n) is 1.25. The number of aliphatic carboxylic acids is 1. The van der Waals surface area contributed by atoms with E-state index in [2.05, 4.69) is 15.6 Å². The molecule has 1 aromatic rings. The highest BCUT2D eigenvalue weighted by molar-refractivity contribution is 7.09. The van der Waals surface area contributed by atoms with Crippen LogP contribution in [0.5, 0.6) is 0 Å². The number of nitrogens with zero attached hydrogens (tertiary/aromatic N) is 1. The average Bonchev–Trinajstić information content (AvgIpc) is 2.71. The van der Waals surface area contributed by atoms with E-state index in [9.17, 15) is 9.59 Å². The second-order valence-electron chi connectivity index (χ2n) is 4.10. The summed E-state index contributed by atoms with van der Waals surface area (Å²) in [4.78, 5) is 27.4. The van der Waals surface area contributed by atoms with Crippen LogP contribution >= 0.6 is 11.3 Å². The zero-order valence-corrected chi connectivity index (χ0v) is 11.4. The van der Waals surface area contributed by atoms with E-state index in [1.165, 1.54) is 11.3 Å². The van der Waals surface area contributed by atoms with Crippen LogP contribution in [0.2, 0.25) is 0 Å². The number of aryl methyl sites for hydroxylation is 1. The number of hydrogen-bond acceptors (Lipinski definition) is 4. The lowest BCUT2D eigenvalue weighted by atomic mass is 10.0. The van der Waals surface area contributed by atoms with Crippen LogP contribution in [0.15, 0.2) is 5.51 Å². The minimum absolute atomic E-state index is 0.372. The van der Waals surface area contributed by atoms with Crippen LogP contribution in [-0.4, -0.2) is 28.1 Å². The Balaban J connectivity index is 2.38. The summed E-state index contributed by atoms with van der Waals surface area (Å²) in [5, 5.41) is 14.1. The molecule has 0 spiro atoms. The predicted molar refractivity (Wildman–Crippen MR) is 68.5 cm³/mol. The van der Waals surface area contributed by atoms with Crippen molar-refractivity contribution in [3.05, 3.63) is 16.1 Å². The summed E-state index contributed by atoms with van der Waals surface area (Å²) in [5.74, 6) is -1.55. The van der Waals surface area contributed by atoms with Gasteiger partial charge in [-0.05, 0) is 20.8 Å². The van der Waals surface area contributed by atoms with E-state index in [0.29, 0.717) is 6.54 Å². The van der Waals surface area contributed by atoms with E-state index in [1.807, 2.05) is 6.92 Å². The number of urea groups is 1. The number of carbonyl (C=O) groups is 2. The molecule has 100 valence electrons. The smallest absolute Gasteiger partial charge is 0.315 e. The van der Waals surface area contributed by atoms with Gasteiger partial charge < -0.3 is 15.7 Å². The van der Waals surface area contributed by atoms with E-state index in [0.717, 1.165) is 10.6 Å². The van der Waals surface area contributed by atoms with Crippen LogP contribution in [-0.2, 0) is 11.3 Å². The summed E-state index contributed by atoms with van der Waals surface area (Å²) in [5.41, 5.74) is 2.62. The lowest BCUT2D eigenvalue weighted by molar-refractivity contribution is -0.141. The van der Waals surface area contributed by atoms with Gasteiger partial charge in [0, 0.05) is 10.9 Å². The number of nitrogens with one attached hydrogen (secondary N) is 2. The van der Waals surface area contributed by atoms with Crippen molar-refractivity contribution in [3.63, 3.8) is 0 Å². The standard InChI is InChI=1S/C11H17N3O3S/c1-6(10(15)16)7(2)14-11(17)12-4-9-8(3)13-5-18-9/h5-7H,4H2,1-3H3,(H,15,16)(H2,12,14,17). The number of thiazole rings is 1. The Bertz CT molecular complexity index is 433. The van der Waals surface area contributed by atoms with Gasteiger partial charge in [0.15, 0.2) is 0 Å². The lowest BCUT2D eigenvalue weighted by Crippen LogP contribution is -2.44. The molecule has 0 radical (unpaired) electrons. The maximum Gasteiger partial charge on any atom is 0.315 e. The highest BCUT2D eigenvalue weighted by Crippen LogP contribution is 2.11. The van der Waals surface area contributed by atoms with Crippen LogP contribution in [0, 0.1) is 12.8 Å². The molecule has 0 saturated carbocycles. The van der Waals surface area contributed by atoms with Gasteiger partial charge in [0.1, 0.15) is 0 Å². The molecule has 6 nitrogen and oxygen atoms in total. The van der Waals surface area contributed by atoms with Gasteiger partial charge in [0.25, 0.3) is 0 Å². The number of carboxylic acid groups (broad SMARTS) is 1.